The van der Waals surface area contributed by atoms with Crippen molar-refractivity contribution in [1.82, 2.24) is 15.6 Å². The quantitative estimate of drug-likeness (QED) is 0.558. The summed E-state index contributed by atoms with van der Waals surface area (Å²) in [6.07, 6.45) is 1.77. The summed E-state index contributed by atoms with van der Waals surface area (Å²) in [5.74, 6) is 0.697. The number of guanidine groups is 1. The van der Waals surface area contributed by atoms with Gasteiger partial charge < -0.3 is 16.0 Å². The van der Waals surface area contributed by atoms with Crippen molar-refractivity contribution in [3.63, 3.8) is 0 Å². The van der Waals surface area contributed by atoms with Gasteiger partial charge in [-0.3, -0.25) is 14.8 Å². The fourth-order valence-electron chi connectivity index (χ4n) is 2.08. The van der Waals surface area contributed by atoms with Crippen LogP contribution in [0.25, 0.3) is 0 Å². The summed E-state index contributed by atoms with van der Waals surface area (Å²) in [5.41, 5.74) is 2.86. The number of amides is 1. The van der Waals surface area contributed by atoms with E-state index in [2.05, 4.69) is 25.9 Å². The minimum atomic E-state index is -0.0326. The molecular formula is C19H25N5O. The molecule has 0 radical (unpaired) electrons. The molecule has 0 atom stereocenters. The zero-order valence-electron chi connectivity index (χ0n) is 14.9. The fourth-order valence-corrected chi connectivity index (χ4v) is 2.08. The number of nitrogens with one attached hydrogen (secondary N) is 3. The van der Waals surface area contributed by atoms with E-state index >= 15 is 0 Å². The van der Waals surface area contributed by atoms with E-state index in [1.807, 2.05) is 56.3 Å². The average Bonchev–Trinajstić information content (AvgIpc) is 2.64. The molecule has 1 aromatic carbocycles. The first-order chi connectivity index (χ1) is 12.1. The molecule has 0 aliphatic rings. The molecule has 0 aliphatic carbocycles. The SMILES string of the molecule is CN=C(NCc1ccc(NC(=O)C(C)C)cc1)NCc1ccccn1. The van der Waals surface area contributed by atoms with Crippen LogP contribution in [0.5, 0.6) is 0 Å². The van der Waals surface area contributed by atoms with Gasteiger partial charge in [0.25, 0.3) is 0 Å². The third-order valence-electron chi connectivity index (χ3n) is 3.59. The number of benzene rings is 1. The van der Waals surface area contributed by atoms with Crippen LogP contribution >= 0.6 is 0 Å². The molecule has 6 heteroatoms. The number of rotatable bonds is 6. The van der Waals surface area contributed by atoms with Crippen LogP contribution < -0.4 is 16.0 Å². The molecule has 0 saturated carbocycles. The molecule has 1 heterocycles. The summed E-state index contributed by atoms with van der Waals surface area (Å²) >= 11 is 0. The molecule has 132 valence electrons. The second kappa shape index (κ2) is 9.42. The van der Waals surface area contributed by atoms with E-state index in [0.717, 1.165) is 16.9 Å². The lowest BCUT2D eigenvalue weighted by Crippen LogP contribution is -2.36. The van der Waals surface area contributed by atoms with E-state index in [1.54, 1.807) is 13.2 Å². The third kappa shape index (κ3) is 6.25. The second-order valence-electron chi connectivity index (χ2n) is 5.94. The van der Waals surface area contributed by atoms with Gasteiger partial charge in [0.15, 0.2) is 5.96 Å². The standard InChI is InChI=1S/C19H25N5O/c1-14(2)18(25)24-16-9-7-15(8-10-16)12-22-19(20-3)23-13-17-6-4-5-11-21-17/h4-11,14H,12-13H2,1-3H3,(H,24,25)(H2,20,22,23). The molecule has 0 aliphatic heterocycles. The minimum absolute atomic E-state index is 0.0185. The van der Waals surface area contributed by atoms with Crippen LogP contribution in [0.4, 0.5) is 5.69 Å². The number of aromatic nitrogens is 1. The molecular weight excluding hydrogens is 314 g/mol. The number of anilines is 1. The van der Waals surface area contributed by atoms with Crippen molar-refractivity contribution in [2.24, 2.45) is 10.9 Å². The van der Waals surface area contributed by atoms with Gasteiger partial charge in [0.1, 0.15) is 0 Å². The largest absolute Gasteiger partial charge is 0.352 e. The third-order valence-corrected chi connectivity index (χ3v) is 3.59. The van der Waals surface area contributed by atoms with Gasteiger partial charge in [0.05, 0.1) is 12.2 Å². The Labute approximate surface area is 148 Å². The maximum absolute atomic E-state index is 11.7. The van der Waals surface area contributed by atoms with Gasteiger partial charge in [-0.05, 0) is 29.8 Å². The summed E-state index contributed by atoms with van der Waals surface area (Å²) in [6.45, 7) is 5.00. The highest BCUT2D eigenvalue weighted by molar-refractivity contribution is 5.92. The Hall–Kier alpha value is -2.89. The van der Waals surface area contributed by atoms with Crippen molar-refractivity contribution in [3.8, 4) is 0 Å². The van der Waals surface area contributed by atoms with Gasteiger partial charge in [0, 0.05) is 31.4 Å². The lowest BCUT2D eigenvalue weighted by atomic mass is 10.1. The molecule has 0 spiro atoms. The van der Waals surface area contributed by atoms with Gasteiger partial charge in [0.2, 0.25) is 5.91 Å². The number of hydrogen-bond acceptors (Lipinski definition) is 3. The van der Waals surface area contributed by atoms with Crippen molar-refractivity contribution in [2.75, 3.05) is 12.4 Å². The second-order valence-corrected chi connectivity index (χ2v) is 5.94. The first-order valence-corrected chi connectivity index (χ1v) is 8.32. The average molecular weight is 339 g/mol. The highest BCUT2D eigenvalue weighted by atomic mass is 16.1. The van der Waals surface area contributed by atoms with Gasteiger partial charge >= 0.3 is 0 Å². The van der Waals surface area contributed by atoms with Crippen LogP contribution in [0.1, 0.15) is 25.1 Å². The van der Waals surface area contributed by atoms with Gasteiger partial charge in [-0.2, -0.15) is 0 Å². The van der Waals surface area contributed by atoms with Gasteiger partial charge in [-0.1, -0.05) is 32.0 Å². The Balaban J connectivity index is 1.82. The summed E-state index contributed by atoms with van der Waals surface area (Å²) in [4.78, 5) is 20.2. The summed E-state index contributed by atoms with van der Waals surface area (Å²) in [7, 11) is 1.73. The van der Waals surface area contributed by atoms with E-state index in [-0.39, 0.29) is 11.8 Å². The Morgan fingerprint density at radius 3 is 2.40 bits per heavy atom. The molecule has 2 rings (SSSR count). The molecule has 2 aromatic rings. The predicted molar refractivity (Wildman–Crippen MR) is 101 cm³/mol. The molecule has 1 amide bonds. The zero-order chi connectivity index (χ0) is 18.1. The molecule has 0 bridgehead atoms. The number of aliphatic imine (C=N–C) groups is 1. The topological polar surface area (TPSA) is 78.4 Å². The van der Waals surface area contributed by atoms with E-state index in [9.17, 15) is 4.79 Å². The summed E-state index contributed by atoms with van der Waals surface area (Å²) in [5, 5.41) is 9.36. The summed E-state index contributed by atoms with van der Waals surface area (Å²) in [6, 6.07) is 13.6. The smallest absolute Gasteiger partial charge is 0.226 e. The van der Waals surface area contributed by atoms with Crippen molar-refractivity contribution in [3.05, 3.63) is 59.9 Å². The minimum Gasteiger partial charge on any atom is -0.352 e. The van der Waals surface area contributed by atoms with Crippen LogP contribution in [-0.2, 0) is 17.9 Å². The Kier molecular flexibility index (Phi) is 6.95. The first-order valence-electron chi connectivity index (χ1n) is 8.32. The van der Waals surface area contributed by atoms with Gasteiger partial charge in [-0.15, -0.1) is 0 Å². The van der Waals surface area contributed by atoms with Crippen LogP contribution in [0, 0.1) is 5.92 Å². The van der Waals surface area contributed by atoms with E-state index in [0.29, 0.717) is 19.0 Å². The molecule has 0 fully saturated rings. The van der Waals surface area contributed by atoms with Crippen LogP contribution in [-0.4, -0.2) is 23.9 Å². The maximum atomic E-state index is 11.7. The Morgan fingerprint density at radius 2 is 1.80 bits per heavy atom. The normalized spacial score (nSPS) is 11.3. The number of carbonyl (C=O) groups is 1. The Bertz CT molecular complexity index is 696. The molecule has 3 N–H and O–H groups in total. The van der Waals surface area contributed by atoms with Gasteiger partial charge in [-0.25, -0.2) is 0 Å². The Morgan fingerprint density at radius 1 is 1.08 bits per heavy atom. The van der Waals surface area contributed by atoms with Crippen LogP contribution in [0.2, 0.25) is 0 Å². The highest BCUT2D eigenvalue weighted by Gasteiger charge is 2.06. The molecule has 0 unspecified atom stereocenters. The van der Waals surface area contributed by atoms with Crippen molar-refractivity contribution < 1.29 is 4.79 Å². The highest BCUT2D eigenvalue weighted by Crippen LogP contribution is 2.10. The van der Waals surface area contributed by atoms with Crippen molar-refractivity contribution in [1.29, 1.82) is 0 Å². The van der Waals surface area contributed by atoms with Crippen LogP contribution in [0.3, 0.4) is 0 Å². The monoisotopic (exact) mass is 339 g/mol. The maximum Gasteiger partial charge on any atom is 0.226 e. The molecule has 25 heavy (non-hydrogen) atoms. The zero-order valence-corrected chi connectivity index (χ0v) is 14.9. The lowest BCUT2D eigenvalue weighted by molar-refractivity contribution is -0.118. The van der Waals surface area contributed by atoms with E-state index < -0.39 is 0 Å². The first kappa shape index (κ1) is 18.4. The predicted octanol–water partition coefficient (Wildman–Crippen LogP) is 2.54. The number of nitrogens with zero attached hydrogens (tertiary/aromatic N) is 2. The summed E-state index contributed by atoms with van der Waals surface area (Å²) < 4.78 is 0. The lowest BCUT2D eigenvalue weighted by Gasteiger charge is -2.12. The van der Waals surface area contributed by atoms with Crippen LogP contribution in [0.15, 0.2) is 53.7 Å². The fraction of sp³-hybridized carbons (Fsp3) is 0.316. The molecule has 0 saturated heterocycles. The van der Waals surface area contributed by atoms with Crippen molar-refractivity contribution >= 4 is 17.6 Å². The molecule has 6 nitrogen and oxygen atoms in total. The van der Waals surface area contributed by atoms with E-state index in [1.165, 1.54) is 0 Å². The van der Waals surface area contributed by atoms with E-state index in [4.69, 9.17) is 0 Å². The number of carbonyl (C=O) groups excluding carboxylic acids is 1. The number of hydrogen-bond donors (Lipinski definition) is 3. The molecule has 1 aromatic heterocycles. The van der Waals surface area contributed by atoms with Crippen molar-refractivity contribution in [2.45, 2.75) is 26.9 Å². The number of pyridine rings is 1.